The van der Waals surface area contributed by atoms with Crippen LogP contribution in [0.4, 0.5) is 0 Å². The van der Waals surface area contributed by atoms with Crippen LogP contribution in [0.3, 0.4) is 0 Å². The second kappa shape index (κ2) is 5.78. The van der Waals surface area contributed by atoms with Crippen LogP contribution in [-0.4, -0.2) is 18.6 Å². The van der Waals surface area contributed by atoms with Crippen LogP contribution >= 0.6 is 11.3 Å². The van der Waals surface area contributed by atoms with Crippen LogP contribution in [0.1, 0.15) is 18.7 Å². The maximum Gasteiger partial charge on any atom is 0.249 e. The number of amides is 1. The van der Waals surface area contributed by atoms with E-state index < -0.39 is 0 Å². The molecule has 3 nitrogen and oxygen atoms in total. The summed E-state index contributed by atoms with van der Waals surface area (Å²) in [4.78, 5) is 12.6. The molecule has 0 aliphatic heterocycles. The van der Waals surface area contributed by atoms with Crippen molar-refractivity contribution in [2.45, 2.75) is 26.5 Å². The first-order valence-electron chi connectivity index (χ1n) is 4.65. The molecule has 1 amide bonds. The Balaban J connectivity index is 2.27. The molecule has 0 bridgehead atoms. The van der Waals surface area contributed by atoms with Gasteiger partial charge in [0, 0.05) is 11.5 Å². The van der Waals surface area contributed by atoms with Crippen molar-refractivity contribution in [1.29, 1.82) is 0 Å². The second-order valence-corrected chi connectivity index (χ2v) is 3.93. The van der Waals surface area contributed by atoms with E-state index >= 15 is 0 Å². The molecule has 1 heterocycles. The lowest BCUT2D eigenvalue weighted by molar-refractivity contribution is -0.131. The summed E-state index contributed by atoms with van der Waals surface area (Å²) in [6.45, 7) is 4.79. The normalized spacial score (nSPS) is 12.4. The van der Waals surface area contributed by atoms with E-state index in [0.717, 1.165) is 4.88 Å². The molecule has 0 fully saturated rings. The third-order valence-corrected chi connectivity index (χ3v) is 2.68. The van der Waals surface area contributed by atoms with Crippen molar-refractivity contribution >= 4 is 17.2 Å². The first-order valence-corrected chi connectivity index (χ1v) is 5.53. The molecule has 1 aromatic rings. The molecule has 0 spiro atoms. The third-order valence-electron chi connectivity index (χ3n) is 1.80. The van der Waals surface area contributed by atoms with Crippen LogP contribution < -0.4 is 5.32 Å². The van der Waals surface area contributed by atoms with E-state index in [1.54, 1.807) is 18.3 Å². The Hall–Kier alpha value is -0.870. The third kappa shape index (κ3) is 3.47. The fraction of sp³-hybridized carbons (Fsp3) is 0.500. The molecule has 4 heteroatoms. The Labute approximate surface area is 88.1 Å². The largest absolute Gasteiger partial charge is 0.369 e. The molecule has 0 saturated carbocycles. The van der Waals surface area contributed by atoms with Gasteiger partial charge in [0.15, 0.2) is 0 Å². The maximum atomic E-state index is 11.4. The van der Waals surface area contributed by atoms with Gasteiger partial charge in [0.05, 0.1) is 6.54 Å². The predicted octanol–water partition coefficient (Wildman–Crippen LogP) is 1.79. The van der Waals surface area contributed by atoms with Gasteiger partial charge in [-0.3, -0.25) is 4.79 Å². The summed E-state index contributed by atoms with van der Waals surface area (Å²) in [6.07, 6.45) is -0.361. The first-order chi connectivity index (χ1) is 6.74. The number of hydrogen-bond acceptors (Lipinski definition) is 3. The molecule has 1 rings (SSSR count). The average molecular weight is 213 g/mol. The zero-order valence-electron chi connectivity index (χ0n) is 8.45. The number of carbonyl (C=O) groups is 1. The van der Waals surface area contributed by atoms with Gasteiger partial charge in [-0.25, -0.2) is 0 Å². The fourth-order valence-corrected chi connectivity index (χ4v) is 1.70. The molecule has 0 aromatic carbocycles. The molecule has 14 heavy (non-hydrogen) atoms. The summed E-state index contributed by atoms with van der Waals surface area (Å²) >= 11 is 1.63. The standard InChI is InChI=1S/C10H15NO2S/c1-3-13-8(2)10(12)11-7-9-5-4-6-14-9/h4-6,8H,3,7H2,1-2H3,(H,11,12). The molecule has 1 N–H and O–H groups in total. The van der Waals surface area contributed by atoms with E-state index in [9.17, 15) is 4.79 Å². The number of hydrogen-bond donors (Lipinski definition) is 1. The van der Waals surface area contributed by atoms with Gasteiger partial charge >= 0.3 is 0 Å². The Bertz CT molecular complexity index is 272. The number of ether oxygens (including phenoxy) is 1. The number of nitrogens with one attached hydrogen (secondary N) is 1. The molecular weight excluding hydrogens is 198 g/mol. The summed E-state index contributed by atoms with van der Waals surface area (Å²) < 4.78 is 5.16. The Morgan fingerprint density at radius 2 is 2.50 bits per heavy atom. The van der Waals surface area contributed by atoms with E-state index in [-0.39, 0.29) is 12.0 Å². The molecule has 0 saturated heterocycles. The van der Waals surface area contributed by atoms with Crippen molar-refractivity contribution in [2.24, 2.45) is 0 Å². The topological polar surface area (TPSA) is 38.3 Å². The highest BCUT2D eigenvalue weighted by atomic mass is 32.1. The number of carbonyl (C=O) groups excluding carboxylic acids is 1. The summed E-state index contributed by atoms with van der Waals surface area (Å²) in [5.41, 5.74) is 0. The van der Waals surface area contributed by atoms with Gasteiger partial charge < -0.3 is 10.1 Å². The summed E-state index contributed by atoms with van der Waals surface area (Å²) in [6, 6.07) is 3.97. The van der Waals surface area contributed by atoms with Crippen molar-refractivity contribution in [3.05, 3.63) is 22.4 Å². The van der Waals surface area contributed by atoms with Gasteiger partial charge in [-0.15, -0.1) is 11.3 Å². The van der Waals surface area contributed by atoms with Crippen LogP contribution in [0.25, 0.3) is 0 Å². The second-order valence-electron chi connectivity index (χ2n) is 2.89. The van der Waals surface area contributed by atoms with Crippen LogP contribution in [0.2, 0.25) is 0 Å². The maximum absolute atomic E-state index is 11.4. The Kier molecular flexibility index (Phi) is 4.62. The van der Waals surface area contributed by atoms with Crippen LogP contribution in [0.5, 0.6) is 0 Å². The SMILES string of the molecule is CCOC(C)C(=O)NCc1cccs1. The lowest BCUT2D eigenvalue weighted by Crippen LogP contribution is -2.33. The van der Waals surface area contributed by atoms with Gasteiger partial charge in [-0.1, -0.05) is 6.07 Å². The van der Waals surface area contributed by atoms with E-state index in [1.807, 2.05) is 24.4 Å². The van der Waals surface area contributed by atoms with E-state index in [0.29, 0.717) is 13.2 Å². The summed E-state index contributed by atoms with van der Waals surface area (Å²) in [5, 5.41) is 4.81. The van der Waals surface area contributed by atoms with Crippen LogP contribution in [0.15, 0.2) is 17.5 Å². The lowest BCUT2D eigenvalue weighted by Gasteiger charge is -2.11. The number of thiophene rings is 1. The van der Waals surface area contributed by atoms with Crippen molar-refractivity contribution in [3.63, 3.8) is 0 Å². The van der Waals surface area contributed by atoms with Gasteiger partial charge in [0.25, 0.3) is 0 Å². The first kappa shape index (κ1) is 11.2. The van der Waals surface area contributed by atoms with E-state index in [2.05, 4.69) is 5.32 Å². The highest BCUT2D eigenvalue weighted by Crippen LogP contribution is 2.07. The van der Waals surface area contributed by atoms with Crippen molar-refractivity contribution in [1.82, 2.24) is 5.32 Å². The molecular formula is C10H15NO2S. The Morgan fingerprint density at radius 1 is 1.71 bits per heavy atom. The van der Waals surface area contributed by atoms with E-state index in [1.165, 1.54) is 0 Å². The smallest absolute Gasteiger partial charge is 0.249 e. The predicted molar refractivity (Wildman–Crippen MR) is 57.3 cm³/mol. The highest BCUT2D eigenvalue weighted by molar-refractivity contribution is 7.09. The lowest BCUT2D eigenvalue weighted by atomic mass is 10.3. The minimum Gasteiger partial charge on any atom is -0.369 e. The molecule has 1 unspecified atom stereocenters. The van der Waals surface area contributed by atoms with Gasteiger partial charge in [-0.05, 0) is 25.3 Å². The Morgan fingerprint density at radius 3 is 3.07 bits per heavy atom. The summed E-state index contributed by atoms with van der Waals surface area (Å²) in [7, 11) is 0. The van der Waals surface area contributed by atoms with Crippen molar-refractivity contribution in [3.8, 4) is 0 Å². The highest BCUT2D eigenvalue weighted by Gasteiger charge is 2.11. The summed E-state index contributed by atoms with van der Waals surface area (Å²) in [5.74, 6) is -0.0553. The number of rotatable bonds is 5. The van der Waals surface area contributed by atoms with E-state index in [4.69, 9.17) is 4.74 Å². The monoisotopic (exact) mass is 213 g/mol. The average Bonchev–Trinajstić information content (AvgIpc) is 2.67. The molecule has 1 atom stereocenters. The molecule has 0 aliphatic carbocycles. The zero-order chi connectivity index (χ0) is 10.4. The van der Waals surface area contributed by atoms with Crippen LogP contribution in [-0.2, 0) is 16.1 Å². The van der Waals surface area contributed by atoms with Crippen molar-refractivity contribution < 1.29 is 9.53 Å². The minimum absolute atomic E-state index is 0.0553. The molecule has 0 radical (unpaired) electrons. The minimum atomic E-state index is -0.361. The van der Waals surface area contributed by atoms with Gasteiger partial charge in [-0.2, -0.15) is 0 Å². The quantitative estimate of drug-likeness (QED) is 0.809. The molecule has 1 aromatic heterocycles. The fourth-order valence-electron chi connectivity index (χ4n) is 1.06. The van der Waals surface area contributed by atoms with Crippen molar-refractivity contribution in [2.75, 3.05) is 6.61 Å². The van der Waals surface area contributed by atoms with Gasteiger partial charge in [0.1, 0.15) is 6.10 Å². The molecule has 78 valence electrons. The molecule has 0 aliphatic rings. The zero-order valence-corrected chi connectivity index (χ0v) is 9.26. The van der Waals surface area contributed by atoms with Crippen LogP contribution in [0, 0.1) is 0 Å². The van der Waals surface area contributed by atoms with Gasteiger partial charge in [0.2, 0.25) is 5.91 Å².